The van der Waals surface area contributed by atoms with E-state index < -0.39 is 0 Å². The maximum Gasteiger partial charge on any atom is 0.225 e. The molecule has 0 atom stereocenters. The van der Waals surface area contributed by atoms with Gasteiger partial charge in [-0.1, -0.05) is 31.3 Å². The van der Waals surface area contributed by atoms with Crippen molar-refractivity contribution in [2.45, 2.75) is 51.9 Å². The van der Waals surface area contributed by atoms with E-state index in [4.69, 9.17) is 10.9 Å². The number of carbonyl (C=O) groups excluding carboxylic acids is 1. The molecule has 17 heavy (non-hydrogen) atoms. The highest BCUT2D eigenvalue weighted by Crippen LogP contribution is 2.35. The molecule has 0 saturated heterocycles. The van der Waals surface area contributed by atoms with Crippen molar-refractivity contribution in [3.63, 3.8) is 0 Å². The van der Waals surface area contributed by atoms with Crippen molar-refractivity contribution in [1.29, 1.82) is 0 Å². The van der Waals surface area contributed by atoms with Gasteiger partial charge < -0.3 is 16.3 Å². The highest BCUT2D eigenvalue weighted by molar-refractivity contribution is 5.82. The standard InChI is InChI=1S/C12H23N3O2/c1-12(7-3-2-4-8-12)11(16)14-9-5-6-10(13)15-17/h17H,2-9H2,1H3,(H2,13,15)(H,14,16). The number of nitrogens with two attached hydrogens (primary N) is 1. The predicted molar refractivity (Wildman–Crippen MR) is 66.8 cm³/mol. The molecule has 5 nitrogen and oxygen atoms in total. The number of carbonyl (C=O) groups is 1. The number of hydrogen-bond acceptors (Lipinski definition) is 3. The van der Waals surface area contributed by atoms with Crippen LogP contribution in [0, 0.1) is 5.41 Å². The van der Waals surface area contributed by atoms with Crippen LogP contribution in [0.1, 0.15) is 51.9 Å². The van der Waals surface area contributed by atoms with Gasteiger partial charge in [0, 0.05) is 18.4 Å². The summed E-state index contributed by atoms with van der Waals surface area (Å²) in [4.78, 5) is 12.0. The van der Waals surface area contributed by atoms with Crippen LogP contribution in [-0.2, 0) is 4.79 Å². The summed E-state index contributed by atoms with van der Waals surface area (Å²) in [5.74, 6) is 0.361. The van der Waals surface area contributed by atoms with E-state index in [9.17, 15) is 4.79 Å². The molecule has 1 aliphatic rings. The van der Waals surface area contributed by atoms with E-state index in [0.29, 0.717) is 19.4 Å². The second-order valence-electron chi connectivity index (χ2n) is 5.07. The number of amidine groups is 1. The van der Waals surface area contributed by atoms with Crippen molar-refractivity contribution in [2.75, 3.05) is 6.54 Å². The Labute approximate surface area is 102 Å². The van der Waals surface area contributed by atoms with Crippen LogP contribution in [0.4, 0.5) is 0 Å². The van der Waals surface area contributed by atoms with E-state index in [1.54, 1.807) is 0 Å². The Morgan fingerprint density at radius 3 is 2.65 bits per heavy atom. The van der Waals surface area contributed by atoms with Crippen molar-refractivity contribution in [1.82, 2.24) is 5.32 Å². The fourth-order valence-electron chi connectivity index (χ4n) is 2.29. The first-order chi connectivity index (χ1) is 8.08. The fourth-order valence-corrected chi connectivity index (χ4v) is 2.29. The van der Waals surface area contributed by atoms with Crippen LogP contribution in [0.5, 0.6) is 0 Å². The first kappa shape index (κ1) is 13.8. The van der Waals surface area contributed by atoms with E-state index in [1.165, 1.54) is 6.42 Å². The van der Waals surface area contributed by atoms with Gasteiger partial charge in [-0.2, -0.15) is 0 Å². The highest BCUT2D eigenvalue weighted by atomic mass is 16.4. The fraction of sp³-hybridized carbons (Fsp3) is 0.833. The molecule has 0 aromatic heterocycles. The number of hydrogen-bond donors (Lipinski definition) is 3. The van der Waals surface area contributed by atoms with Gasteiger partial charge >= 0.3 is 0 Å². The van der Waals surface area contributed by atoms with Gasteiger partial charge in [0.05, 0.1) is 0 Å². The highest BCUT2D eigenvalue weighted by Gasteiger charge is 2.33. The summed E-state index contributed by atoms with van der Waals surface area (Å²) in [6.07, 6.45) is 6.72. The summed E-state index contributed by atoms with van der Waals surface area (Å²) in [5.41, 5.74) is 5.16. The number of rotatable bonds is 5. The zero-order chi connectivity index (χ0) is 12.7. The third-order valence-corrected chi connectivity index (χ3v) is 3.53. The largest absolute Gasteiger partial charge is 0.409 e. The van der Waals surface area contributed by atoms with Gasteiger partial charge in [-0.3, -0.25) is 4.79 Å². The lowest BCUT2D eigenvalue weighted by molar-refractivity contribution is -0.131. The number of nitrogens with zero attached hydrogens (tertiary/aromatic N) is 1. The SMILES string of the molecule is CC1(C(=O)NCCCC(N)=NO)CCCCC1. The maximum absolute atomic E-state index is 12.0. The first-order valence-corrected chi connectivity index (χ1v) is 6.33. The molecule has 0 aromatic carbocycles. The van der Waals surface area contributed by atoms with Crippen LogP contribution in [0.15, 0.2) is 5.16 Å². The third-order valence-electron chi connectivity index (χ3n) is 3.53. The van der Waals surface area contributed by atoms with Crippen LogP contribution < -0.4 is 11.1 Å². The lowest BCUT2D eigenvalue weighted by Crippen LogP contribution is -2.40. The quantitative estimate of drug-likeness (QED) is 0.224. The van der Waals surface area contributed by atoms with Crippen molar-refractivity contribution in [2.24, 2.45) is 16.3 Å². The number of amides is 1. The minimum Gasteiger partial charge on any atom is -0.409 e. The number of nitrogens with one attached hydrogen (secondary N) is 1. The van der Waals surface area contributed by atoms with Crippen LogP contribution in [0.2, 0.25) is 0 Å². The monoisotopic (exact) mass is 241 g/mol. The molecule has 4 N–H and O–H groups in total. The smallest absolute Gasteiger partial charge is 0.225 e. The van der Waals surface area contributed by atoms with Crippen LogP contribution in [0.3, 0.4) is 0 Å². The van der Waals surface area contributed by atoms with Gasteiger partial charge in [0.15, 0.2) is 0 Å². The van der Waals surface area contributed by atoms with E-state index >= 15 is 0 Å². The minimum atomic E-state index is -0.186. The molecule has 0 aliphatic heterocycles. The summed E-state index contributed by atoms with van der Waals surface area (Å²) in [5, 5.41) is 14.2. The van der Waals surface area contributed by atoms with Gasteiger partial charge in [0.2, 0.25) is 5.91 Å². The van der Waals surface area contributed by atoms with E-state index in [-0.39, 0.29) is 17.2 Å². The Kier molecular flexibility index (Phi) is 5.25. The minimum absolute atomic E-state index is 0.150. The summed E-state index contributed by atoms with van der Waals surface area (Å²) >= 11 is 0. The molecule has 0 spiro atoms. The molecule has 1 fully saturated rings. The van der Waals surface area contributed by atoms with Gasteiger partial charge in [0.1, 0.15) is 5.84 Å². The summed E-state index contributed by atoms with van der Waals surface area (Å²) in [7, 11) is 0. The third kappa shape index (κ3) is 4.24. The normalized spacial score (nSPS) is 19.9. The van der Waals surface area contributed by atoms with E-state index in [2.05, 4.69) is 10.5 Å². The van der Waals surface area contributed by atoms with Gasteiger partial charge in [-0.15, -0.1) is 0 Å². The van der Waals surface area contributed by atoms with Gasteiger partial charge in [-0.05, 0) is 19.3 Å². The van der Waals surface area contributed by atoms with Gasteiger partial charge in [0.25, 0.3) is 0 Å². The molecule has 5 heteroatoms. The average molecular weight is 241 g/mol. The molecule has 0 bridgehead atoms. The predicted octanol–water partition coefficient (Wildman–Crippen LogP) is 1.60. The van der Waals surface area contributed by atoms with Crippen molar-refractivity contribution in [3.8, 4) is 0 Å². The van der Waals surface area contributed by atoms with Crippen molar-refractivity contribution >= 4 is 11.7 Å². The molecular formula is C12H23N3O2. The zero-order valence-electron chi connectivity index (χ0n) is 10.5. The first-order valence-electron chi connectivity index (χ1n) is 6.33. The molecule has 1 rings (SSSR count). The van der Waals surface area contributed by atoms with Crippen LogP contribution >= 0.6 is 0 Å². The molecular weight excluding hydrogens is 218 g/mol. The lowest BCUT2D eigenvalue weighted by Gasteiger charge is -2.32. The molecule has 1 aliphatic carbocycles. The summed E-state index contributed by atoms with van der Waals surface area (Å²) in [6.45, 7) is 2.63. The summed E-state index contributed by atoms with van der Waals surface area (Å²) < 4.78 is 0. The molecule has 0 aromatic rings. The maximum atomic E-state index is 12.0. The molecule has 0 heterocycles. The Morgan fingerprint density at radius 1 is 1.41 bits per heavy atom. The average Bonchev–Trinajstić information content (AvgIpc) is 2.34. The Morgan fingerprint density at radius 2 is 2.06 bits per heavy atom. The summed E-state index contributed by atoms with van der Waals surface area (Å²) in [6, 6.07) is 0. The molecule has 1 saturated carbocycles. The number of oxime groups is 1. The molecule has 0 unspecified atom stereocenters. The Hall–Kier alpha value is -1.26. The lowest BCUT2D eigenvalue weighted by atomic mass is 9.75. The van der Waals surface area contributed by atoms with Crippen LogP contribution in [0.25, 0.3) is 0 Å². The topological polar surface area (TPSA) is 87.7 Å². The second-order valence-corrected chi connectivity index (χ2v) is 5.07. The molecule has 1 amide bonds. The Balaban J connectivity index is 2.24. The molecule has 98 valence electrons. The van der Waals surface area contributed by atoms with Gasteiger partial charge in [-0.25, -0.2) is 0 Å². The molecule has 0 radical (unpaired) electrons. The van der Waals surface area contributed by atoms with Crippen molar-refractivity contribution in [3.05, 3.63) is 0 Å². The Bertz CT molecular complexity index is 283. The van der Waals surface area contributed by atoms with E-state index in [1.807, 2.05) is 6.92 Å². The zero-order valence-corrected chi connectivity index (χ0v) is 10.5. The second kappa shape index (κ2) is 6.47. The van der Waals surface area contributed by atoms with Crippen LogP contribution in [-0.4, -0.2) is 23.5 Å². The van der Waals surface area contributed by atoms with Crippen molar-refractivity contribution < 1.29 is 10.0 Å². The van der Waals surface area contributed by atoms with E-state index in [0.717, 1.165) is 25.7 Å².